The van der Waals surface area contributed by atoms with Crippen LogP contribution >= 0.6 is 11.6 Å². The van der Waals surface area contributed by atoms with Crippen LogP contribution in [-0.4, -0.2) is 50.9 Å². The summed E-state index contributed by atoms with van der Waals surface area (Å²) in [6.45, 7) is 8.46. The van der Waals surface area contributed by atoms with Gasteiger partial charge in [-0.1, -0.05) is 81.8 Å². The van der Waals surface area contributed by atoms with Gasteiger partial charge in [0.25, 0.3) is 5.91 Å². The molecule has 1 fully saturated rings. The molecule has 3 N–H and O–H groups in total. The predicted molar refractivity (Wildman–Crippen MR) is 140 cm³/mol. The zero-order valence-electron chi connectivity index (χ0n) is 21.1. The highest BCUT2D eigenvalue weighted by atomic mass is 35.5. The van der Waals surface area contributed by atoms with Crippen molar-refractivity contribution in [3.63, 3.8) is 0 Å². The molecule has 0 radical (unpaired) electrons. The van der Waals surface area contributed by atoms with Gasteiger partial charge in [-0.15, -0.1) is 0 Å². The van der Waals surface area contributed by atoms with Gasteiger partial charge in [-0.05, 0) is 30.0 Å². The van der Waals surface area contributed by atoms with Gasteiger partial charge in [0, 0.05) is 29.1 Å². The SMILES string of the molecule is CC(C)[C@@H](NC(=O)c1cnc(-c2ccccc2)[nH]1)C(=O)N1CC[C@](O)(c2ccc(Cl)cc2)C(C)(C)C1. The Labute approximate surface area is 216 Å². The van der Waals surface area contributed by atoms with E-state index in [0.29, 0.717) is 36.1 Å². The maximum atomic E-state index is 13.6. The summed E-state index contributed by atoms with van der Waals surface area (Å²) in [4.78, 5) is 35.7. The van der Waals surface area contributed by atoms with Crippen LogP contribution in [0.3, 0.4) is 0 Å². The largest absolute Gasteiger partial charge is 0.384 e. The third kappa shape index (κ3) is 5.04. The number of hydrogen-bond acceptors (Lipinski definition) is 4. The Morgan fingerprint density at radius 3 is 2.39 bits per heavy atom. The average Bonchev–Trinajstić information content (AvgIpc) is 3.35. The fourth-order valence-electron chi connectivity index (χ4n) is 4.88. The van der Waals surface area contributed by atoms with Gasteiger partial charge in [0.1, 0.15) is 17.6 Å². The molecule has 0 saturated carbocycles. The fraction of sp³-hybridized carbons (Fsp3) is 0.393. The highest BCUT2D eigenvalue weighted by Crippen LogP contribution is 2.46. The maximum Gasteiger partial charge on any atom is 0.270 e. The zero-order valence-corrected chi connectivity index (χ0v) is 21.8. The minimum absolute atomic E-state index is 0.127. The first-order chi connectivity index (χ1) is 17.0. The molecule has 8 heteroatoms. The number of hydrogen-bond donors (Lipinski definition) is 3. The number of amides is 2. The first-order valence-electron chi connectivity index (χ1n) is 12.2. The molecule has 190 valence electrons. The third-order valence-electron chi connectivity index (χ3n) is 7.17. The highest BCUT2D eigenvalue weighted by Gasteiger charge is 2.50. The second kappa shape index (κ2) is 10.1. The summed E-state index contributed by atoms with van der Waals surface area (Å²) in [5, 5.41) is 15.1. The van der Waals surface area contributed by atoms with E-state index in [-0.39, 0.29) is 17.7 Å². The van der Waals surface area contributed by atoms with Crippen molar-refractivity contribution in [1.29, 1.82) is 0 Å². The standard InChI is InChI=1S/C28H33ClN4O3/c1-18(2)23(32-25(34)22-16-30-24(31-22)19-8-6-5-7-9-19)26(35)33-15-14-28(36,27(3,4)17-33)20-10-12-21(29)13-11-20/h5-13,16,18,23,36H,14-15,17H2,1-4H3,(H,30,31)(H,32,34)/t23-,28+/m1/s1. The minimum Gasteiger partial charge on any atom is -0.384 e. The van der Waals surface area contributed by atoms with Crippen LogP contribution in [0.25, 0.3) is 11.4 Å². The number of benzene rings is 2. The van der Waals surface area contributed by atoms with Gasteiger partial charge in [-0.2, -0.15) is 0 Å². The lowest BCUT2D eigenvalue weighted by Gasteiger charge is -2.51. The van der Waals surface area contributed by atoms with Gasteiger partial charge in [0.2, 0.25) is 5.91 Å². The number of carbonyl (C=O) groups excluding carboxylic acids is 2. The summed E-state index contributed by atoms with van der Waals surface area (Å²) in [5.41, 5.74) is 0.231. The van der Waals surface area contributed by atoms with Crippen LogP contribution in [0.1, 0.15) is 50.2 Å². The number of aromatic amines is 1. The van der Waals surface area contributed by atoms with Crippen molar-refractivity contribution in [3.8, 4) is 11.4 Å². The summed E-state index contributed by atoms with van der Waals surface area (Å²) in [6.07, 6.45) is 1.86. The quantitative estimate of drug-likeness (QED) is 0.452. The molecule has 0 bridgehead atoms. The average molecular weight is 509 g/mol. The Balaban J connectivity index is 1.48. The molecule has 0 aliphatic carbocycles. The molecular formula is C28H33ClN4O3. The van der Waals surface area contributed by atoms with Gasteiger partial charge in [-0.25, -0.2) is 4.98 Å². The molecule has 2 atom stereocenters. The van der Waals surface area contributed by atoms with Crippen LogP contribution in [0, 0.1) is 11.3 Å². The van der Waals surface area contributed by atoms with Crippen molar-refractivity contribution in [2.24, 2.45) is 11.3 Å². The number of likely N-dealkylation sites (tertiary alicyclic amines) is 1. The lowest BCUT2D eigenvalue weighted by atomic mass is 9.66. The number of carbonyl (C=O) groups is 2. The Kier molecular flexibility index (Phi) is 7.25. The molecule has 7 nitrogen and oxygen atoms in total. The number of imidazole rings is 1. The van der Waals surface area contributed by atoms with E-state index in [1.165, 1.54) is 6.20 Å². The second-order valence-corrected chi connectivity index (χ2v) is 10.9. The van der Waals surface area contributed by atoms with E-state index in [9.17, 15) is 14.7 Å². The number of aliphatic hydroxyl groups is 1. The second-order valence-electron chi connectivity index (χ2n) is 10.5. The summed E-state index contributed by atoms with van der Waals surface area (Å²) < 4.78 is 0. The first kappa shape index (κ1) is 25.9. The number of rotatable bonds is 6. The maximum absolute atomic E-state index is 13.6. The Morgan fingerprint density at radius 2 is 1.78 bits per heavy atom. The molecule has 2 heterocycles. The third-order valence-corrected chi connectivity index (χ3v) is 7.42. The number of aromatic nitrogens is 2. The van der Waals surface area contributed by atoms with E-state index in [1.807, 2.05) is 70.2 Å². The molecule has 0 spiro atoms. The molecule has 1 aromatic heterocycles. The smallest absolute Gasteiger partial charge is 0.270 e. The van der Waals surface area contributed by atoms with E-state index < -0.39 is 17.1 Å². The number of H-pyrrole nitrogens is 1. The Bertz CT molecular complexity index is 1220. The van der Waals surface area contributed by atoms with Crippen LogP contribution in [0.15, 0.2) is 60.8 Å². The molecular weight excluding hydrogens is 476 g/mol. The summed E-state index contributed by atoms with van der Waals surface area (Å²) in [5.74, 6) is -0.0800. The zero-order chi connectivity index (χ0) is 26.1. The van der Waals surface area contributed by atoms with Gasteiger partial charge >= 0.3 is 0 Å². The molecule has 0 unspecified atom stereocenters. The molecule has 1 saturated heterocycles. The number of piperidine rings is 1. The van der Waals surface area contributed by atoms with E-state index in [2.05, 4.69) is 15.3 Å². The molecule has 4 rings (SSSR count). The van der Waals surface area contributed by atoms with Gasteiger partial charge in [0.05, 0.1) is 11.8 Å². The van der Waals surface area contributed by atoms with Crippen molar-refractivity contribution >= 4 is 23.4 Å². The summed E-state index contributed by atoms with van der Waals surface area (Å²) in [7, 11) is 0. The van der Waals surface area contributed by atoms with Crippen molar-refractivity contribution in [2.75, 3.05) is 13.1 Å². The fourth-order valence-corrected chi connectivity index (χ4v) is 5.01. The normalized spacial score (nSPS) is 20.2. The lowest BCUT2D eigenvalue weighted by Crippen LogP contribution is -2.60. The van der Waals surface area contributed by atoms with Crippen molar-refractivity contribution in [1.82, 2.24) is 20.2 Å². The lowest BCUT2D eigenvalue weighted by molar-refractivity contribution is -0.155. The predicted octanol–water partition coefficient (Wildman–Crippen LogP) is 4.63. The number of nitrogens with one attached hydrogen (secondary N) is 2. The first-order valence-corrected chi connectivity index (χ1v) is 12.6. The molecule has 3 aromatic rings. The van der Waals surface area contributed by atoms with Crippen LogP contribution in [0.4, 0.5) is 0 Å². The van der Waals surface area contributed by atoms with Crippen molar-refractivity contribution in [2.45, 2.75) is 45.8 Å². The summed E-state index contributed by atoms with van der Waals surface area (Å²) >= 11 is 6.04. The van der Waals surface area contributed by atoms with Crippen LogP contribution in [0.5, 0.6) is 0 Å². The van der Waals surface area contributed by atoms with Gasteiger partial charge < -0.3 is 20.3 Å². The highest BCUT2D eigenvalue weighted by molar-refractivity contribution is 6.30. The van der Waals surface area contributed by atoms with E-state index in [4.69, 9.17) is 11.6 Å². The Morgan fingerprint density at radius 1 is 1.11 bits per heavy atom. The topological polar surface area (TPSA) is 98.3 Å². The minimum atomic E-state index is -1.10. The van der Waals surface area contributed by atoms with E-state index in [1.54, 1.807) is 17.0 Å². The monoisotopic (exact) mass is 508 g/mol. The molecule has 2 aromatic carbocycles. The van der Waals surface area contributed by atoms with Gasteiger partial charge in [-0.3, -0.25) is 9.59 Å². The van der Waals surface area contributed by atoms with Crippen molar-refractivity contribution < 1.29 is 14.7 Å². The molecule has 1 aliphatic rings. The number of halogens is 1. The van der Waals surface area contributed by atoms with Crippen molar-refractivity contribution in [3.05, 3.63) is 77.1 Å². The molecule has 2 amide bonds. The number of nitrogens with zero attached hydrogens (tertiary/aromatic N) is 2. The molecule has 36 heavy (non-hydrogen) atoms. The van der Waals surface area contributed by atoms with Crippen LogP contribution < -0.4 is 5.32 Å². The van der Waals surface area contributed by atoms with Crippen LogP contribution in [0.2, 0.25) is 5.02 Å². The van der Waals surface area contributed by atoms with E-state index >= 15 is 0 Å². The molecule has 1 aliphatic heterocycles. The van der Waals surface area contributed by atoms with Crippen LogP contribution in [-0.2, 0) is 10.4 Å². The van der Waals surface area contributed by atoms with Gasteiger partial charge in [0.15, 0.2) is 0 Å². The summed E-state index contributed by atoms with van der Waals surface area (Å²) in [6, 6.07) is 16.0. The Hall–Kier alpha value is -3.16. The van der Waals surface area contributed by atoms with E-state index in [0.717, 1.165) is 11.1 Å².